The van der Waals surface area contributed by atoms with Gasteiger partial charge in [-0.05, 0) is 13.0 Å². The quantitative estimate of drug-likeness (QED) is 0.776. The summed E-state index contributed by atoms with van der Waals surface area (Å²) in [5, 5.41) is 5.76. The van der Waals surface area contributed by atoms with E-state index >= 15 is 0 Å². The molecule has 0 aromatic heterocycles. The van der Waals surface area contributed by atoms with E-state index in [1.54, 1.807) is 13.2 Å². The summed E-state index contributed by atoms with van der Waals surface area (Å²) >= 11 is 0. The normalized spacial score (nSPS) is 29.1. The van der Waals surface area contributed by atoms with Crippen molar-refractivity contribution in [1.29, 1.82) is 0 Å². The lowest BCUT2D eigenvalue weighted by Crippen LogP contribution is -2.48. The highest BCUT2D eigenvalue weighted by molar-refractivity contribution is 6.03. The van der Waals surface area contributed by atoms with Gasteiger partial charge in [0.15, 0.2) is 0 Å². The lowest BCUT2D eigenvalue weighted by molar-refractivity contribution is -0.123. The summed E-state index contributed by atoms with van der Waals surface area (Å²) in [6.07, 6.45) is 0.235. The molecule has 0 spiro atoms. The van der Waals surface area contributed by atoms with Crippen LogP contribution in [0.15, 0.2) is 18.2 Å². The van der Waals surface area contributed by atoms with E-state index in [0.717, 1.165) is 5.56 Å². The third-order valence-corrected chi connectivity index (χ3v) is 3.86. The number of ether oxygens (including phenoxy) is 1. The summed E-state index contributed by atoms with van der Waals surface area (Å²) in [6.45, 7) is 1.89. The summed E-state index contributed by atoms with van der Waals surface area (Å²) in [5.41, 5.74) is 0.923. The van der Waals surface area contributed by atoms with Crippen LogP contribution in [0.1, 0.15) is 18.9 Å². The van der Waals surface area contributed by atoms with Crippen molar-refractivity contribution in [2.45, 2.75) is 18.9 Å². The Morgan fingerprint density at radius 3 is 2.89 bits per heavy atom. The maximum atomic E-state index is 12.1. The number of fused-ring (bicyclic) bond motifs is 3. The molecule has 3 rings (SSSR count). The molecule has 2 aliphatic heterocycles. The van der Waals surface area contributed by atoms with Crippen LogP contribution in [0, 0.1) is 5.92 Å². The first-order valence-electron chi connectivity index (χ1n) is 5.85. The van der Waals surface area contributed by atoms with Crippen LogP contribution in [-0.2, 0) is 15.1 Å². The van der Waals surface area contributed by atoms with E-state index in [4.69, 9.17) is 4.74 Å². The number of carbonyl (C=O) groups excluding carboxylic acids is 2. The summed E-state index contributed by atoms with van der Waals surface area (Å²) in [4.78, 5) is 23.7. The second kappa shape index (κ2) is 3.48. The predicted octanol–water partition coefficient (Wildman–Crippen LogP) is 0.999. The Morgan fingerprint density at radius 1 is 1.39 bits per heavy atom. The maximum absolute atomic E-state index is 12.1. The monoisotopic (exact) mass is 246 g/mol. The molecule has 2 amide bonds. The molecule has 5 nitrogen and oxygen atoms in total. The van der Waals surface area contributed by atoms with Gasteiger partial charge in [-0.15, -0.1) is 0 Å². The highest BCUT2D eigenvalue weighted by Gasteiger charge is 2.52. The van der Waals surface area contributed by atoms with Crippen molar-refractivity contribution in [3.8, 4) is 5.75 Å². The fraction of sp³-hybridized carbons (Fsp3) is 0.385. The SMILES string of the molecule is COc1cccc2c1NC(=O)[C@@H]1CC(=O)N[C@]21C. The average molecular weight is 246 g/mol. The molecule has 0 radical (unpaired) electrons. The summed E-state index contributed by atoms with van der Waals surface area (Å²) in [7, 11) is 1.56. The first kappa shape index (κ1) is 11.1. The Kier molecular flexibility index (Phi) is 2.14. The van der Waals surface area contributed by atoms with Crippen LogP contribution in [0.5, 0.6) is 5.75 Å². The summed E-state index contributed by atoms with van der Waals surface area (Å²) in [6, 6.07) is 5.57. The number of carbonyl (C=O) groups is 2. The topological polar surface area (TPSA) is 67.4 Å². The lowest BCUT2D eigenvalue weighted by atomic mass is 9.77. The Hall–Kier alpha value is -2.04. The minimum atomic E-state index is -0.636. The molecule has 1 aromatic rings. The van der Waals surface area contributed by atoms with Crippen LogP contribution >= 0.6 is 0 Å². The van der Waals surface area contributed by atoms with Crippen molar-refractivity contribution < 1.29 is 14.3 Å². The van der Waals surface area contributed by atoms with Crippen molar-refractivity contribution >= 4 is 17.5 Å². The van der Waals surface area contributed by atoms with Gasteiger partial charge in [-0.2, -0.15) is 0 Å². The molecule has 94 valence electrons. The van der Waals surface area contributed by atoms with Crippen molar-refractivity contribution in [3.05, 3.63) is 23.8 Å². The molecular weight excluding hydrogens is 232 g/mol. The molecule has 0 unspecified atom stereocenters. The van der Waals surface area contributed by atoms with Crippen LogP contribution in [0.4, 0.5) is 5.69 Å². The number of hydrogen-bond donors (Lipinski definition) is 2. The van der Waals surface area contributed by atoms with Gasteiger partial charge in [0.05, 0.1) is 24.3 Å². The van der Waals surface area contributed by atoms with Gasteiger partial charge in [0, 0.05) is 12.0 Å². The fourth-order valence-electron chi connectivity index (χ4n) is 2.90. The van der Waals surface area contributed by atoms with Gasteiger partial charge in [-0.1, -0.05) is 12.1 Å². The molecule has 2 atom stereocenters. The van der Waals surface area contributed by atoms with Crippen molar-refractivity contribution in [3.63, 3.8) is 0 Å². The number of methoxy groups -OCH3 is 1. The molecule has 2 aliphatic rings. The van der Waals surface area contributed by atoms with E-state index in [9.17, 15) is 9.59 Å². The van der Waals surface area contributed by atoms with Crippen LogP contribution in [-0.4, -0.2) is 18.9 Å². The third kappa shape index (κ3) is 1.27. The minimum absolute atomic E-state index is 0.0895. The second-order valence-electron chi connectivity index (χ2n) is 4.88. The van der Waals surface area contributed by atoms with Crippen LogP contribution in [0.2, 0.25) is 0 Å². The van der Waals surface area contributed by atoms with Crippen LogP contribution < -0.4 is 15.4 Å². The van der Waals surface area contributed by atoms with Gasteiger partial charge in [0.1, 0.15) is 5.75 Å². The molecule has 2 heterocycles. The smallest absolute Gasteiger partial charge is 0.230 e. The molecule has 0 aliphatic carbocycles. The molecule has 18 heavy (non-hydrogen) atoms. The number of benzene rings is 1. The van der Waals surface area contributed by atoms with Gasteiger partial charge in [-0.3, -0.25) is 9.59 Å². The van der Waals surface area contributed by atoms with Gasteiger partial charge < -0.3 is 15.4 Å². The fourth-order valence-corrected chi connectivity index (χ4v) is 2.90. The zero-order chi connectivity index (χ0) is 12.9. The summed E-state index contributed by atoms with van der Waals surface area (Å²) in [5.74, 6) is 0.0347. The van der Waals surface area contributed by atoms with Crippen molar-refractivity contribution in [2.75, 3.05) is 12.4 Å². The summed E-state index contributed by atoms with van der Waals surface area (Å²) < 4.78 is 5.25. The standard InChI is InChI=1S/C13H14N2O3/c1-13-7-4-3-5-9(18-2)11(7)14-12(17)8(13)6-10(16)15-13/h3-5,8H,6H2,1-2H3,(H,14,17)(H,15,16)/t8-,13+/m0/s1. The molecule has 1 aromatic carbocycles. The van der Waals surface area contributed by atoms with Gasteiger partial charge in [-0.25, -0.2) is 0 Å². The van der Waals surface area contributed by atoms with E-state index in [2.05, 4.69) is 10.6 Å². The molecule has 1 saturated heterocycles. The first-order chi connectivity index (χ1) is 8.56. The Balaban J connectivity index is 2.22. The largest absolute Gasteiger partial charge is 0.495 e. The molecule has 5 heteroatoms. The van der Waals surface area contributed by atoms with E-state index in [0.29, 0.717) is 11.4 Å². The highest BCUT2D eigenvalue weighted by Crippen LogP contribution is 2.46. The number of amides is 2. The maximum Gasteiger partial charge on any atom is 0.230 e. The Morgan fingerprint density at radius 2 is 2.17 bits per heavy atom. The zero-order valence-corrected chi connectivity index (χ0v) is 10.2. The number of hydrogen-bond acceptors (Lipinski definition) is 3. The number of nitrogens with one attached hydrogen (secondary N) is 2. The highest BCUT2D eigenvalue weighted by atomic mass is 16.5. The third-order valence-electron chi connectivity index (χ3n) is 3.86. The molecule has 0 saturated carbocycles. The lowest BCUT2D eigenvalue weighted by Gasteiger charge is -2.37. The number of para-hydroxylation sites is 1. The Labute approximate surface area is 105 Å². The van der Waals surface area contributed by atoms with E-state index < -0.39 is 5.54 Å². The van der Waals surface area contributed by atoms with E-state index in [1.807, 2.05) is 19.1 Å². The second-order valence-corrected chi connectivity index (χ2v) is 4.88. The molecular formula is C13H14N2O3. The number of anilines is 1. The van der Waals surface area contributed by atoms with Crippen LogP contribution in [0.3, 0.4) is 0 Å². The minimum Gasteiger partial charge on any atom is -0.495 e. The Bertz CT molecular complexity index is 555. The molecule has 2 N–H and O–H groups in total. The first-order valence-corrected chi connectivity index (χ1v) is 5.85. The van der Waals surface area contributed by atoms with Crippen molar-refractivity contribution in [1.82, 2.24) is 5.32 Å². The van der Waals surface area contributed by atoms with Gasteiger partial charge in [0.2, 0.25) is 11.8 Å². The number of rotatable bonds is 1. The van der Waals surface area contributed by atoms with E-state index in [1.165, 1.54) is 0 Å². The van der Waals surface area contributed by atoms with Crippen molar-refractivity contribution in [2.24, 2.45) is 5.92 Å². The molecule has 1 fully saturated rings. The van der Waals surface area contributed by atoms with Gasteiger partial charge in [0.25, 0.3) is 0 Å². The zero-order valence-electron chi connectivity index (χ0n) is 10.2. The average Bonchev–Trinajstić information content (AvgIpc) is 2.66. The molecule has 0 bridgehead atoms. The van der Waals surface area contributed by atoms with Gasteiger partial charge >= 0.3 is 0 Å². The van der Waals surface area contributed by atoms with Crippen LogP contribution in [0.25, 0.3) is 0 Å². The predicted molar refractivity (Wildman–Crippen MR) is 65.2 cm³/mol. The van der Waals surface area contributed by atoms with E-state index in [-0.39, 0.29) is 24.2 Å².